The number of halogens is 3. The van der Waals surface area contributed by atoms with Crippen LogP contribution in [0.25, 0.3) is 0 Å². The van der Waals surface area contributed by atoms with Crippen molar-refractivity contribution in [3.8, 4) is 0 Å². The fourth-order valence-electron chi connectivity index (χ4n) is 2.61. The van der Waals surface area contributed by atoms with E-state index >= 15 is 0 Å². The standard InChI is InChI=1S/C15H16F3N3O/c16-15(17,18)12-5-1-3-10(7-12)8-13-20-14(22-21-13)11-4-2-6-19-9-11/h1,3,5,7,11,19H,2,4,6,8-9H2. The van der Waals surface area contributed by atoms with Crippen molar-refractivity contribution in [3.05, 3.63) is 47.1 Å². The molecule has 2 heterocycles. The first-order chi connectivity index (χ1) is 10.5. The lowest BCUT2D eigenvalue weighted by atomic mass is 10.00. The summed E-state index contributed by atoms with van der Waals surface area (Å²) in [7, 11) is 0. The Bertz CT molecular complexity index is 633. The maximum absolute atomic E-state index is 12.7. The van der Waals surface area contributed by atoms with E-state index in [0.717, 1.165) is 38.1 Å². The normalized spacial score (nSPS) is 19.3. The van der Waals surface area contributed by atoms with Crippen LogP contribution in [0.3, 0.4) is 0 Å². The Morgan fingerprint density at radius 2 is 2.18 bits per heavy atom. The summed E-state index contributed by atoms with van der Waals surface area (Å²) in [6.45, 7) is 1.78. The molecule has 2 aromatic rings. The zero-order valence-electron chi connectivity index (χ0n) is 11.9. The van der Waals surface area contributed by atoms with Crippen molar-refractivity contribution < 1.29 is 17.7 Å². The zero-order chi connectivity index (χ0) is 15.6. The van der Waals surface area contributed by atoms with Crippen LogP contribution in [0.4, 0.5) is 13.2 Å². The summed E-state index contributed by atoms with van der Waals surface area (Å²) >= 11 is 0. The molecule has 1 aromatic heterocycles. The van der Waals surface area contributed by atoms with Crippen molar-refractivity contribution >= 4 is 0 Å². The SMILES string of the molecule is FC(F)(F)c1cccc(Cc2noc(C3CCCNC3)n2)c1. The highest BCUT2D eigenvalue weighted by atomic mass is 19.4. The van der Waals surface area contributed by atoms with Gasteiger partial charge in [0.05, 0.1) is 11.5 Å². The average Bonchev–Trinajstić information content (AvgIpc) is 2.96. The quantitative estimate of drug-likeness (QED) is 0.946. The number of piperidine rings is 1. The summed E-state index contributed by atoms with van der Waals surface area (Å²) < 4.78 is 43.3. The van der Waals surface area contributed by atoms with Crippen molar-refractivity contribution in [1.29, 1.82) is 0 Å². The molecule has 0 saturated carbocycles. The molecule has 0 bridgehead atoms. The number of benzene rings is 1. The Morgan fingerprint density at radius 3 is 2.91 bits per heavy atom. The number of aromatic nitrogens is 2. The van der Waals surface area contributed by atoms with Gasteiger partial charge in [-0.2, -0.15) is 18.2 Å². The van der Waals surface area contributed by atoms with E-state index in [1.807, 2.05) is 0 Å². The molecule has 3 rings (SSSR count). The van der Waals surface area contributed by atoms with Gasteiger partial charge in [0.2, 0.25) is 5.89 Å². The molecule has 1 aliphatic rings. The molecule has 1 saturated heterocycles. The Hall–Kier alpha value is -1.89. The van der Waals surface area contributed by atoms with Crippen LogP contribution in [0.15, 0.2) is 28.8 Å². The minimum atomic E-state index is -4.34. The predicted molar refractivity (Wildman–Crippen MR) is 73.4 cm³/mol. The fraction of sp³-hybridized carbons (Fsp3) is 0.467. The molecule has 1 N–H and O–H groups in total. The van der Waals surface area contributed by atoms with E-state index in [4.69, 9.17) is 4.52 Å². The smallest absolute Gasteiger partial charge is 0.339 e. The van der Waals surface area contributed by atoms with Crippen molar-refractivity contribution in [3.63, 3.8) is 0 Å². The number of nitrogens with zero attached hydrogens (tertiary/aromatic N) is 2. The molecule has 22 heavy (non-hydrogen) atoms. The zero-order valence-corrected chi connectivity index (χ0v) is 11.9. The third-order valence-corrected chi connectivity index (χ3v) is 3.75. The van der Waals surface area contributed by atoms with E-state index in [-0.39, 0.29) is 12.3 Å². The molecule has 1 fully saturated rings. The number of nitrogens with one attached hydrogen (secondary N) is 1. The number of hydrogen-bond donors (Lipinski definition) is 1. The molecule has 1 atom stereocenters. The van der Waals surface area contributed by atoms with Gasteiger partial charge in [-0.3, -0.25) is 0 Å². The fourth-order valence-corrected chi connectivity index (χ4v) is 2.61. The first-order valence-electron chi connectivity index (χ1n) is 7.22. The summed E-state index contributed by atoms with van der Waals surface area (Å²) in [6.07, 6.45) is -2.08. The third-order valence-electron chi connectivity index (χ3n) is 3.75. The highest BCUT2D eigenvalue weighted by Crippen LogP contribution is 2.30. The summed E-state index contributed by atoms with van der Waals surface area (Å²) in [5, 5.41) is 7.15. The first kappa shape index (κ1) is 15.0. The van der Waals surface area contributed by atoms with Crippen molar-refractivity contribution in [2.24, 2.45) is 0 Å². The van der Waals surface area contributed by atoms with E-state index in [9.17, 15) is 13.2 Å². The Morgan fingerprint density at radius 1 is 1.32 bits per heavy atom. The van der Waals surface area contributed by atoms with Gasteiger partial charge in [0, 0.05) is 13.0 Å². The number of alkyl halides is 3. The van der Waals surface area contributed by atoms with Gasteiger partial charge in [0.25, 0.3) is 0 Å². The van der Waals surface area contributed by atoms with E-state index in [0.29, 0.717) is 17.3 Å². The maximum atomic E-state index is 12.7. The number of rotatable bonds is 3. The van der Waals surface area contributed by atoms with Gasteiger partial charge < -0.3 is 9.84 Å². The Balaban J connectivity index is 1.72. The van der Waals surface area contributed by atoms with E-state index < -0.39 is 11.7 Å². The Labute approximate surface area is 125 Å². The summed E-state index contributed by atoms with van der Waals surface area (Å²) in [4.78, 5) is 4.32. The molecule has 0 aliphatic carbocycles. The molecule has 7 heteroatoms. The molecule has 0 amide bonds. The second kappa shape index (κ2) is 6.08. The van der Waals surface area contributed by atoms with E-state index in [1.54, 1.807) is 6.07 Å². The van der Waals surface area contributed by atoms with E-state index in [1.165, 1.54) is 6.07 Å². The lowest BCUT2D eigenvalue weighted by molar-refractivity contribution is -0.137. The lowest BCUT2D eigenvalue weighted by Gasteiger charge is -2.18. The second-order valence-corrected chi connectivity index (χ2v) is 5.47. The van der Waals surface area contributed by atoms with Gasteiger partial charge in [0.15, 0.2) is 5.82 Å². The first-order valence-corrected chi connectivity index (χ1v) is 7.22. The molecule has 1 unspecified atom stereocenters. The predicted octanol–water partition coefficient (Wildman–Crippen LogP) is 3.15. The maximum Gasteiger partial charge on any atom is 0.416 e. The summed E-state index contributed by atoms with van der Waals surface area (Å²) in [5.74, 6) is 1.17. The number of hydrogen-bond acceptors (Lipinski definition) is 4. The molecule has 1 aliphatic heterocycles. The molecular weight excluding hydrogens is 295 g/mol. The summed E-state index contributed by atoms with van der Waals surface area (Å²) in [5.41, 5.74) is -0.144. The van der Waals surface area contributed by atoms with Crippen LogP contribution in [0.1, 0.15) is 41.6 Å². The monoisotopic (exact) mass is 311 g/mol. The molecule has 4 nitrogen and oxygen atoms in total. The minimum absolute atomic E-state index is 0.191. The van der Waals surface area contributed by atoms with Gasteiger partial charge in [-0.25, -0.2) is 0 Å². The van der Waals surface area contributed by atoms with Gasteiger partial charge in [0.1, 0.15) is 0 Å². The van der Waals surface area contributed by atoms with Crippen LogP contribution in [-0.2, 0) is 12.6 Å². The minimum Gasteiger partial charge on any atom is -0.339 e. The largest absolute Gasteiger partial charge is 0.416 e. The van der Waals surface area contributed by atoms with E-state index in [2.05, 4.69) is 15.5 Å². The third kappa shape index (κ3) is 3.47. The topological polar surface area (TPSA) is 51.0 Å². The highest BCUT2D eigenvalue weighted by molar-refractivity contribution is 5.27. The van der Waals surface area contributed by atoms with Crippen LogP contribution >= 0.6 is 0 Å². The van der Waals surface area contributed by atoms with Crippen molar-refractivity contribution in [1.82, 2.24) is 15.5 Å². The van der Waals surface area contributed by atoms with Crippen molar-refractivity contribution in [2.75, 3.05) is 13.1 Å². The second-order valence-electron chi connectivity index (χ2n) is 5.47. The molecule has 118 valence electrons. The van der Waals surface area contributed by atoms with Crippen LogP contribution in [0.2, 0.25) is 0 Å². The molecule has 0 spiro atoms. The van der Waals surface area contributed by atoms with Crippen LogP contribution in [-0.4, -0.2) is 23.2 Å². The molecule has 1 aromatic carbocycles. The highest BCUT2D eigenvalue weighted by Gasteiger charge is 2.30. The Kier molecular flexibility index (Phi) is 4.15. The van der Waals surface area contributed by atoms with Gasteiger partial charge in [-0.15, -0.1) is 0 Å². The van der Waals surface area contributed by atoms with Gasteiger partial charge in [-0.1, -0.05) is 23.4 Å². The van der Waals surface area contributed by atoms with Gasteiger partial charge >= 0.3 is 6.18 Å². The average molecular weight is 311 g/mol. The van der Waals surface area contributed by atoms with Crippen LogP contribution in [0, 0.1) is 0 Å². The van der Waals surface area contributed by atoms with Crippen LogP contribution in [0.5, 0.6) is 0 Å². The summed E-state index contributed by atoms with van der Waals surface area (Å²) in [6, 6.07) is 5.20. The van der Waals surface area contributed by atoms with Crippen LogP contribution < -0.4 is 5.32 Å². The van der Waals surface area contributed by atoms with Crippen molar-refractivity contribution in [2.45, 2.75) is 31.4 Å². The molecule has 0 radical (unpaired) electrons. The molecular formula is C15H16F3N3O. The van der Waals surface area contributed by atoms with Gasteiger partial charge in [-0.05, 0) is 31.0 Å². The lowest BCUT2D eigenvalue weighted by Crippen LogP contribution is -2.28.